The standard InChI is InChI=1S/C20H17Cl2N3O2S/c1-11(23-12(2)26)13-3-5-14(6-4-13)18-10-28-20(24-18)25-19(27)15-7-8-16(21)17(22)9-15/h3-11H,1-2H3,(H,23,26)(H,24,25,27). The molecule has 0 fully saturated rings. The number of carbonyl (C=O) groups is 2. The number of nitrogens with one attached hydrogen (secondary N) is 2. The molecular formula is C20H17Cl2N3O2S. The maximum atomic E-state index is 12.4. The van der Waals surface area contributed by atoms with Crippen LogP contribution in [0.2, 0.25) is 10.0 Å². The third-order valence-electron chi connectivity index (χ3n) is 4.03. The molecule has 0 saturated heterocycles. The number of carbonyl (C=O) groups excluding carboxylic acids is 2. The number of benzene rings is 2. The first-order valence-corrected chi connectivity index (χ1v) is 10.1. The zero-order chi connectivity index (χ0) is 20.3. The molecule has 0 bridgehead atoms. The van der Waals surface area contributed by atoms with E-state index in [1.54, 1.807) is 12.1 Å². The first kappa shape index (κ1) is 20.3. The van der Waals surface area contributed by atoms with Gasteiger partial charge >= 0.3 is 0 Å². The summed E-state index contributed by atoms with van der Waals surface area (Å²) in [6.45, 7) is 3.42. The number of amides is 2. The van der Waals surface area contributed by atoms with E-state index in [2.05, 4.69) is 15.6 Å². The lowest BCUT2D eigenvalue weighted by Gasteiger charge is -2.13. The fourth-order valence-electron chi connectivity index (χ4n) is 2.60. The fraction of sp³-hybridized carbons (Fsp3) is 0.150. The van der Waals surface area contributed by atoms with Crippen molar-refractivity contribution in [3.63, 3.8) is 0 Å². The van der Waals surface area contributed by atoms with Crippen LogP contribution in [0.1, 0.15) is 35.8 Å². The van der Waals surface area contributed by atoms with Crippen LogP contribution in [0.15, 0.2) is 47.8 Å². The molecule has 2 N–H and O–H groups in total. The fourth-order valence-corrected chi connectivity index (χ4v) is 3.61. The molecule has 1 atom stereocenters. The molecule has 1 aromatic heterocycles. The Morgan fingerprint density at radius 1 is 1.07 bits per heavy atom. The first-order valence-electron chi connectivity index (χ1n) is 8.43. The summed E-state index contributed by atoms with van der Waals surface area (Å²) in [5, 5.41) is 8.69. The zero-order valence-electron chi connectivity index (χ0n) is 15.1. The van der Waals surface area contributed by atoms with E-state index in [4.69, 9.17) is 23.2 Å². The first-order chi connectivity index (χ1) is 13.3. The molecule has 0 aliphatic rings. The third kappa shape index (κ3) is 4.90. The van der Waals surface area contributed by atoms with Crippen molar-refractivity contribution in [1.29, 1.82) is 0 Å². The highest BCUT2D eigenvalue weighted by Crippen LogP contribution is 2.27. The predicted molar refractivity (Wildman–Crippen MR) is 114 cm³/mol. The number of hydrogen-bond donors (Lipinski definition) is 2. The molecule has 3 aromatic rings. The van der Waals surface area contributed by atoms with Crippen molar-refractivity contribution < 1.29 is 9.59 Å². The van der Waals surface area contributed by atoms with E-state index in [-0.39, 0.29) is 17.9 Å². The van der Waals surface area contributed by atoms with Crippen LogP contribution in [0.4, 0.5) is 5.13 Å². The van der Waals surface area contributed by atoms with Gasteiger partial charge in [0.05, 0.1) is 21.8 Å². The minimum absolute atomic E-state index is 0.0666. The lowest BCUT2D eigenvalue weighted by molar-refractivity contribution is -0.119. The van der Waals surface area contributed by atoms with E-state index in [0.29, 0.717) is 20.7 Å². The van der Waals surface area contributed by atoms with Gasteiger partial charge in [0, 0.05) is 23.4 Å². The van der Waals surface area contributed by atoms with Crippen molar-refractivity contribution in [2.45, 2.75) is 19.9 Å². The summed E-state index contributed by atoms with van der Waals surface area (Å²) in [6.07, 6.45) is 0. The van der Waals surface area contributed by atoms with Crippen molar-refractivity contribution in [2.75, 3.05) is 5.32 Å². The van der Waals surface area contributed by atoms with E-state index in [0.717, 1.165) is 16.8 Å². The van der Waals surface area contributed by atoms with Crippen LogP contribution in [0.3, 0.4) is 0 Å². The quantitative estimate of drug-likeness (QED) is 0.552. The molecule has 2 aromatic carbocycles. The highest BCUT2D eigenvalue weighted by molar-refractivity contribution is 7.14. The number of rotatable bonds is 5. The number of thiazole rings is 1. The molecule has 0 aliphatic carbocycles. The largest absolute Gasteiger partial charge is 0.350 e. The minimum Gasteiger partial charge on any atom is -0.350 e. The Balaban J connectivity index is 1.70. The lowest BCUT2D eigenvalue weighted by atomic mass is 10.1. The Hall–Kier alpha value is -2.41. The van der Waals surface area contributed by atoms with Crippen LogP contribution >= 0.6 is 34.5 Å². The Morgan fingerprint density at radius 2 is 1.79 bits per heavy atom. The van der Waals surface area contributed by atoms with Gasteiger partial charge in [-0.05, 0) is 30.7 Å². The summed E-state index contributed by atoms with van der Waals surface area (Å²) in [4.78, 5) is 28.0. The summed E-state index contributed by atoms with van der Waals surface area (Å²) in [6, 6.07) is 12.4. The van der Waals surface area contributed by atoms with Crippen molar-refractivity contribution in [1.82, 2.24) is 10.3 Å². The summed E-state index contributed by atoms with van der Waals surface area (Å²) in [5.41, 5.74) is 3.09. The van der Waals surface area contributed by atoms with E-state index in [1.807, 2.05) is 36.6 Å². The van der Waals surface area contributed by atoms with Crippen LogP contribution in [0.25, 0.3) is 11.3 Å². The zero-order valence-corrected chi connectivity index (χ0v) is 17.5. The minimum atomic E-state index is -0.307. The average Bonchev–Trinajstić information content (AvgIpc) is 3.12. The van der Waals surface area contributed by atoms with Gasteiger partial charge in [-0.1, -0.05) is 47.5 Å². The van der Waals surface area contributed by atoms with Crippen LogP contribution in [-0.2, 0) is 4.79 Å². The molecule has 0 saturated carbocycles. The van der Waals surface area contributed by atoms with Crippen molar-refractivity contribution in [3.8, 4) is 11.3 Å². The number of anilines is 1. The van der Waals surface area contributed by atoms with Gasteiger partial charge in [-0.15, -0.1) is 11.3 Å². The predicted octanol–water partition coefficient (Wildman–Crippen LogP) is 5.57. The van der Waals surface area contributed by atoms with Gasteiger partial charge in [0.25, 0.3) is 5.91 Å². The number of hydrogen-bond acceptors (Lipinski definition) is 4. The molecule has 1 unspecified atom stereocenters. The second-order valence-electron chi connectivity index (χ2n) is 6.17. The molecular weight excluding hydrogens is 417 g/mol. The molecule has 8 heteroatoms. The molecule has 0 radical (unpaired) electrons. The van der Waals surface area contributed by atoms with Gasteiger partial charge in [-0.2, -0.15) is 0 Å². The van der Waals surface area contributed by atoms with Crippen LogP contribution in [0.5, 0.6) is 0 Å². The summed E-state index contributed by atoms with van der Waals surface area (Å²) in [7, 11) is 0. The second kappa shape index (κ2) is 8.73. The Kier molecular flexibility index (Phi) is 6.34. The SMILES string of the molecule is CC(=O)NC(C)c1ccc(-c2csc(NC(=O)c3ccc(Cl)c(Cl)c3)n2)cc1. The monoisotopic (exact) mass is 433 g/mol. The maximum absolute atomic E-state index is 12.4. The Labute approximate surface area is 176 Å². The van der Waals surface area contributed by atoms with E-state index >= 15 is 0 Å². The summed E-state index contributed by atoms with van der Waals surface area (Å²) in [5.74, 6) is -0.377. The average molecular weight is 434 g/mol. The highest BCUT2D eigenvalue weighted by atomic mass is 35.5. The van der Waals surface area contributed by atoms with Gasteiger partial charge in [-0.25, -0.2) is 4.98 Å². The topological polar surface area (TPSA) is 71.1 Å². The van der Waals surface area contributed by atoms with Crippen LogP contribution in [-0.4, -0.2) is 16.8 Å². The van der Waals surface area contributed by atoms with Gasteiger partial charge in [0.1, 0.15) is 0 Å². The van der Waals surface area contributed by atoms with Gasteiger partial charge in [-0.3, -0.25) is 14.9 Å². The molecule has 0 spiro atoms. The molecule has 1 heterocycles. The number of aromatic nitrogens is 1. The molecule has 0 aliphatic heterocycles. The Morgan fingerprint density at radius 3 is 2.43 bits per heavy atom. The molecule has 5 nitrogen and oxygen atoms in total. The van der Waals surface area contributed by atoms with Gasteiger partial charge < -0.3 is 5.32 Å². The smallest absolute Gasteiger partial charge is 0.257 e. The Bertz CT molecular complexity index is 1020. The summed E-state index contributed by atoms with van der Waals surface area (Å²) < 4.78 is 0. The normalized spacial score (nSPS) is 11.7. The summed E-state index contributed by atoms with van der Waals surface area (Å²) >= 11 is 13.2. The third-order valence-corrected chi connectivity index (χ3v) is 5.53. The van der Waals surface area contributed by atoms with E-state index < -0.39 is 0 Å². The van der Waals surface area contributed by atoms with E-state index in [1.165, 1.54) is 24.3 Å². The van der Waals surface area contributed by atoms with Gasteiger partial charge in [0.15, 0.2) is 5.13 Å². The molecule has 144 valence electrons. The second-order valence-corrected chi connectivity index (χ2v) is 7.84. The van der Waals surface area contributed by atoms with Crippen molar-refractivity contribution >= 4 is 51.5 Å². The van der Waals surface area contributed by atoms with Crippen molar-refractivity contribution in [3.05, 3.63) is 69.0 Å². The maximum Gasteiger partial charge on any atom is 0.257 e. The lowest BCUT2D eigenvalue weighted by Crippen LogP contribution is -2.23. The highest BCUT2D eigenvalue weighted by Gasteiger charge is 2.12. The molecule has 3 rings (SSSR count). The van der Waals surface area contributed by atoms with Gasteiger partial charge in [0.2, 0.25) is 5.91 Å². The molecule has 28 heavy (non-hydrogen) atoms. The number of nitrogens with zero attached hydrogens (tertiary/aromatic N) is 1. The molecule has 2 amide bonds. The van der Waals surface area contributed by atoms with Crippen LogP contribution in [0, 0.1) is 0 Å². The van der Waals surface area contributed by atoms with Crippen molar-refractivity contribution in [2.24, 2.45) is 0 Å². The van der Waals surface area contributed by atoms with Crippen LogP contribution < -0.4 is 10.6 Å². The van der Waals surface area contributed by atoms with E-state index in [9.17, 15) is 9.59 Å². The number of halogens is 2.